The van der Waals surface area contributed by atoms with Crippen molar-refractivity contribution in [2.75, 3.05) is 6.54 Å². The first-order chi connectivity index (χ1) is 10.6. The van der Waals surface area contributed by atoms with Crippen molar-refractivity contribution in [2.45, 2.75) is 39.0 Å². The van der Waals surface area contributed by atoms with Gasteiger partial charge < -0.3 is 5.11 Å². The molecule has 0 aliphatic heterocycles. The number of halogens is 1. The van der Waals surface area contributed by atoms with E-state index >= 15 is 0 Å². The molecule has 3 heteroatoms. The third-order valence-corrected chi connectivity index (χ3v) is 4.36. The van der Waals surface area contributed by atoms with Crippen LogP contribution in [0.15, 0.2) is 54.6 Å². The Morgan fingerprint density at radius 1 is 1.05 bits per heavy atom. The molecule has 0 bridgehead atoms. The fraction of sp³-hybridized carbons (Fsp3) is 0.368. The Balaban J connectivity index is 2.07. The average Bonchev–Trinajstić information content (AvgIpc) is 2.55. The van der Waals surface area contributed by atoms with E-state index in [1.165, 1.54) is 5.56 Å². The molecule has 0 saturated carbocycles. The molecule has 22 heavy (non-hydrogen) atoms. The Labute approximate surface area is 138 Å². The molecule has 0 aliphatic carbocycles. The van der Waals surface area contributed by atoms with E-state index in [1.54, 1.807) is 0 Å². The molecule has 118 valence electrons. The minimum atomic E-state index is -0.505. The summed E-state index contributed by atoms with van der Waals surface area (Å²) in [7, 11) is 0. The maximum absolute atomic E-state index is 10.5. The maximum Gasteiger partial charge on any atom is 0.0917 e. The van der Waals surface area contributed by atoms with E-state index in [0.717, 1.165) is 18.5 Å². The van der Waals surface area contributed by atoms with Crippen LogP contribution in [0.5, 0.6) is 0 Å². The number of rotatable bonds is 7. The number of hydrogen-bond donors (Lipinski definition) is 1. The van der Waals surface area contributed by atoms with Crippen LogP contribution in [0.25, 0.3) is 0 Å². The SMILES string of the molecule is CC[C@@H](C)N(Cc1ccccc1)C[C@H](O)c1ccc(Cl)cc1. The molecular formula is C19H24ClNO. The lowest BCUT2D eigenvalue weighted by Gasteiger charge is -2.30. The molecule has 1 N–H and O–H groups in total. The summed E-state index contributed by atoms with van der Waals surface area (Å²) in [5.74, 6) is 0. The van der Waals surface area contributed by atoms with Crippen LogP contribution in [0.4, 0.5) is 0 Å². The molecule has 0 fully saturated rings. The zero-order valence-electron chi connectivity index (χ0n) is 13.2. The van der Waals surface area contributed by atoms with Crippen molar-refractivity contribution in [3.8, 4) is 0 Å². The van der Waals surface area contributed by atoms with Crippen LogP contribution in [-0.4, -0.2) is 22.6 Å². The summed E-state index contributed by atoms with van der Waals surface area (Å²) in [5.41, 5.74) is 2.18. The van der Waals surface area contributed by atoms with Gasteiger partial charge in [0.15, 0.2) is 0 Å². The number of benzene rings is 2. The molecule has 2 atom stereocenters. The molecule has 2 aromatic carbocycles. The fourth-order valence-corrected chi connectivity index (χ4v) is 2.61. The van der Waals surface area contributed by atoms with E-state index < -0.39 is 6.10 Å². The van der Waals surface area contributed by atoms with E-state index in [1.807, 2.05) is 30.3 Å². The van der Waals surface area contributed by atoms with Gasteiger partial charge in [-0.05, 0) is 36.6 Å². The predicted octanol–water partition coefficient (Wildman–Crippen LogP) is 4.67. The Bertz CT molecular complexity index is 555. The second kappa shape index (κ2) is 8.33. The Hall–Kier alpha value is -1.35. The van der Waals surface area contributed by atoms with Crippen molar-refractivity contribution in [3.05, 3.63) is 70.7 Å². The molecule has 2 aromatic rings. The van der Waals surface area contributed by atoms with E-state index in [-0.39, 0.29) is 0 Å². The lowest BCUT2D eigenvalue weighted by molar-refractivity contribution is 0.0848. The highest BCUT2D eigenvalue weighted by atomic mass is 35.5. The van der Waals surface area contributed by atoms with Gasteiger partial charge in [0.05, 0.1) is 6.10 Å². The van der Waals surface area contributed by atoms with Gasteiger partial charge in [-0.15, -0.1) is 0 Å². The standard InChI is InChI=1S/C19H24ClNO/c1-3-15(2)21(13-16-7-5-4-6-8-16)14-19(22)17-9-11-18(20)12-10-17/h4-12,15,19,22H,3,13-14H2,1-2H3/t15-,19+/m1/s1. The van der Waals surface area contributed by atoms with Gasteiger partial charge in [-0.1, -0.05) is 61.0 Å². The van der Waals surface area contributed by atoms with Crippen molar-refractivity contribution < 1.29 is 5.11 Å². The zero-order valence-corrected chi connectivity index (χ0v) is 14.0. The van der Waals surface area contributed by atoms with Gasteiger partial charge >= 0.3 is 0 Å². The summed E-state index contributed by atoms with van der Waals surface area (Å²) < 4.78 is 0. The van der Waals surface area contributed by atoms with Crippen LogP contribution >= 0.6 is 11.6 Å². The number of nitrogens with zero attached hydrogens (tertiary/aromatic N) is 1. The first-order valence-electron chi connectivity index (χ1n) is 7.81. The highest BCUT2D eigenvalue weighted by Gasteiger charge is 2.18. The normalized spacial score (nSPS) is 14.0. The monoisotopic (exact) mass is 317 g/mol. The van der Waals surface area contributed by atoms with Gasteiger partial charge in [0.25, 0.3) is 0 Å². The van der Waals surface area contributed by atoms with Crippen molar-refractivity contribution >= 4 is 11.6 Å². The fourth-order valence-electron chi connectivity index (χ4n) is 2.49. The number of aliphatic hydroxyl groups excluding tert-OH is 1. The van der Waals surface area contributed by atoms with E-state index in [0.29, 0.717) is 17.6 Å². The summed E-state index contributed by atoms with van der Waals surface area (Å²) in [6.45, 7) is 5.85. The van der Waals surface area contributed by atoms with Gasteiger partial charge in [-0.2, -0.15) is 0 Å². The first-order valence-corrected chi connectivity index (χ1v) is 8.19. The van der Waals surface area contributed by atoms with Crippen molar-refractivity contribution in [1.29, 1.82) is 0 Å². The minimum Gasteiger partial charge on any atom is -0.387 e. The van der Waals surface area contributed by atoms with Gasteiger partial charge in [0.1, 0.15) is 0 Å². The van der Waals surface area contributed by atoms with Crippen LogP contribution in [0.1, 0.15) is 37.5 Å². The Morgan fingerprint density at radius 2 is 1.68 bits per heavy atom. The van der Waals surface area contributed by atoms with Crippen molar-refractivity contribution in [1.82, 2.24) is 4.90 Å². The minimum absolute atomic E-state index is 0.419. The van der Waals surface area contributed by atoms with Crippen LogP contribution in [0, 0.1) is 0 Å². The molecule has 2 nitrogen and oxygen atoms in total. The Kier molecular flexibility index (Phi) is 6.44. The highest BCUT2D eigenvalue weighted by molar-refractivity contribution is 6.30. The second-order valence-corrected chi connectivity index (χ2v) is 6.18. The topological polar surface area (TPSA) is 23.5 Å². The molecule has 0 aliphatic rings. The smallest absolute Gasteiger partial charge is 0.0917 e. The third kappa shape index (κ3) is 4.84. The van der Waals surface area contributed by atoms with E-state index in [4.69, 9.17) is 11.6 Å². The quantitative estimate of drug-likeness (QED) is 0.802. The van der Waals surface area contributed by atoms with Crippen LogP contribution in [0.2, 0.25) is 5.02 Å². The van der Waals surface area contributed by atoms with Gasteiger partial charge in [-0.25, -0.2) is 0 Å². The molecular weight excluding hydrogens is 294 g/mol. The summed E-state index contributed by atoms with van der Waals surface area (Å²) in [6, 6.07) is 18.2. The van der Waals surface area contributed by atoms with Crippen molar-refractivity contribution in [2.24, 2.45) is 0 Å². The summed E-state index contributed by atoms with van der Waals surface area (Å²) in [4.78, 5) is 2.33. The second-order valence-electron chi connectivity index (χ2n) is 5.74. The number of hydrogen-bond acceptors (Lipinski definition) is 2. The van der Waals surface area contributed by atoms with Gasteiger partial charge in [0, 0.05) is 24.2 Å². The molecule has 0 aromatic heterocycles. The third-order valence-electron chi connectivity index (χ3n) is 4.10. The summed E-state index contributed by atoms with van der Waals surface area (Å²) in [6.07, 6.45) is 0.551. The lowest BCUT2D eigenvalue weighted by Crippen LogP contribution is -2.35. The molecule has 0 amide bonds. The highest BCUT2D eigenvalue weighted by Crippen LogP contribution is 2.20. The van der Waals surface area contributed by atoms with Crippen LogP contribution in [-0.2, 0) is 6.54 Å². The molecule has 2 rings (SSSR count). The summed E-state index contributed by atoms with van der Waals surface area (Å²) in [5, 5.41) is 11.2. The summed E-state index contributed by atoms with van der Waals surface area (Å²) >= 11 is 5.91. The van der Waals surface area contributed by atoms with Crippen LogP contribution in [0.3, 0.4) is 0 Å². The first kappa shape index (κ1) is 17.0. The maximum atomic E-state index is 10.5. The lowest BCUT2D eigenvalue weighted by atomic mass is 10.1. The zero-order chi connectivity index (χ0) is 15.9. The van der Waals surface area contributed by atoms with E-state index in [9.17, 15) is 5.11 Å². The van der Waals surface area contributed by atoms with E-state index in [2.05, 4.69) is 43.0 Å². The largest absolute Gasteiger partial charge is 0.387 e. The number of aliphatic hydroxyl groups is 1. The van der Waals surface area contributed by atoms with Gasteiger partial charge in [-0.3, -0.25) is 4.90 Å². The molecule has 0 radical (unpaired) electrons. The molecule has 0 saturated heterocycles. The van der Waals surface area contributed by atoms with Crippen LogP contribution < -0.4 is 0 Å². The molecule has 0 spiro atoms. The Morgan fingerprint density at radius 3 is 2.27 bits per heavy atom. The molecule has 0 unspecified atom stereocenters. The van der Waals surface area contributed by atoms with Crippen molar-refractivity contribution in [3.63, 3.8) is 0 Å². The molecule has 0 heterocycles. The van der Waals surface area contributed by atoms with Gasteiger partial charge in [0.2, 0.25) is 0 Å². The predicted molar refractivity (Wildman–Crippen MR) is 93.0 cm³/mol. The average molecular weight is 318 g/mol.